The van der Waals surface area contributed by atoms with E-state index in [2.05, 4.69) is 0 Å². The van der Waals surface area contributed by atoms with E-state index in [1.54, 1.807) is 25.3 Å². The molecule has 2 rings (SSSR count). The van der Waals surface area contributed by atoms with Crippen LogP contribution in [-0.4, -0.2) is 13.4 Å². The average molecular weight is 279 g/mol. The van der Waals surface area contributed by atoms with Crippen molar-refractivity contribution >= 4 is 29.6 Å². The van der Waals surface area contributed by atoms with Gasteiger partial charge in [0.2, 0.25) is 0 Å². The van der Waals surface area contributed by atoms with E-state index in [1.807, 2.05) is 24.3 Å². The second-order valence-electron chi connectivity index (χ2n) is 3.55. The van der Waals surface area contributed by atoms with E-state index < -0.39 is 0 Å². The van der Waals surface area contributed by atoms with Gasteiger partial charge < -0.3 is 4.74 Å². The average Bonchev–Trinajstić information content (AvgIpc) is 2.40. The largest absolute Gasteiger partial charge is 0.496 e. The van der Waals surface area contributed by atoms with Crippen molar-refractivity contribution in [2.24, 2.45) is 0 Å². The monoisotopic (exact) mass is 278 g/mol. The summed E-state index contributed by atoms with van der Waals surface area (Å²) >= 11 is 7.42. The van der Waals surface area contributed by atoms with E-state index in [0.717, 1.165) is 21.8 Å². The number of halogens is 1. The topological polar surface area (TPSA) is 26.3 Å². The van der Waals surface area contributed by atoms with Crippen LogP contribution in [0.3, 0.4) is 0 Å². The lowest BCUT2D eigenvalue weighted by Gasteiger charge is -2.09. The molecule has 18 heavy (non-hydrogen) atoms. The minimum Gasteiger partial charge on any atom is -0.496 e. The Balaban J connectivity index is 2.39. The third-order valence-electron chi connectivity index (χ3n) is 2.39. The smallest absolute Gasteiger partial charge is 0.151 e. The van der Waals surface area contributed by atoms with Crippen LogP contribution < -0.4 is 4.74 Å². The highest BCUT2D eigenvalue weighted by Gasteiger charge is 2.08. The number of para-hydroxylation sites is 1. The molecular weight excluding hydrogens is 268 g/mol. The lowest BCUT2D eigenvalue weighted by Crippen LogP contribution is -1.88. The van der Waals surface area contributed by atoms with Gasteiger partial charge in [0.25, 0.3) is 0 Å². The second-order valence-corrected chi connectivity index (χ2v) is 5.07. The van der Waals surface area contributed by atoms with Crippen LogP contribution in [0.25, 0.3) is 0 Å². The van der Waals surface area contributed by atoms with Crippen molar-refractivity contribution in [2.75, 3.05) is 7.11 Å². The minimum absolute atomic E-state index is 0.609. The lowest BCUT2D eigenvalue weighted by atomic mass is 10.2. The molecular formula is C14H11ClO2S. The van der Waals surface area contributed by atoms with Crippen LogP contribution >= 0.6 is 23.4 Å². The molecule has 0 amide bonds. The standard InChI is InChI=1S/C14H11ClO2S/c1-17-12-4-2-3-5-13(12)18-14-8-11(15)7-6-10(14)9-16/h2-9H,1H3. The first-order chi connectivity index (χ1) is 8.74. The Kier molecular flexibility index (Phi) is 4.28. The summed E-state index contributed by atoms with van der Waals surface area (Å²) in [5, 5.41) is 0.609. The molecule has 2 aromatic rings. The zero-order valence-corrected chi connectivity index (χ0v) is 11.3. The van der Waals surface area contributed by atoms with Crippen molar-refractivity contribution < 1.29 is 9.53 Å². The summed E-state index contributed by atoms with van der Waals surface area (Å²) < 4.78 is 5.28. The lowest BCUT2D eigenvalue weighted by molar-refractivity contribution is 0.112. The number of hydrogen-bond donors (Lipinski definition) is 0. The molecule has 0 aromatic heterocycles. The van der Waals surface area contributed by atoms with E-state index in [0.29, 0.717) is 10.6 Å². The van der Waals surface area contributed by atoms with Crippen LogP contribution in [0, 0.1) is 0 Å². The summed E-state index contributed by atoms with van der Waals surface area (Å²) in [5.74, 6) is 0.777. The molecule has 92 valence electrons. The Morgan fingerprint density at radius 2 is 1.94 bits per heavy atom. The van der Waals surface area contributed by atoms with Crippen molar-refractivity contribution in [3.05, 3.63) is 53.1 Å². The molecule has 0 bridgehead atoms. The summed E-state index contributed by atoms with van der Waals surface area (Å²) in [5.41, 5.74) is 0.621. The third kappa shape index (κ3) is 2.86. The first-order valence-electron chi connectivity index (χ1n) is 5.30. The molecule has 0 heterocycles. The maximum atomic E-state index is 11.0. The van der Waals surface area contributed by atoms with Gasteiger partial charge >= 0.3 is 0 Å². The highest BCUT2D eigenvalue weighted by Crippen LogP contribution is 2.36. The molecule has 0 atom stereocenters. The van der Waals surface area contributed by atoms with Crippen LogP contribution in [0.2, 0.25) is 5.02 Å². The highest BCUT2D eigenvalue weighted by atomic mass is 35.5. The normalized spacial score (nSPS) is 10.1. The molecule has 0 aliphatic rings. The van der Waals surface area contributed by atoms with Gasteiger partial charge in [0, 0.05) is 15.5 Å². The maximum absolute atomic E-state index is 11.0. The predicted molar refractivity (Wildman–Crippen MR) is 74.0 cm³/mol. The summed E-state index contributed by atoms with van der Waals surface area (Å²) in [6, 6.07) is 12.9. The van der Waals surface area contributed by atoms with Crippen LogP contribution in [0.15, 0.2) is 52.3 Å². The van der Waals surface area contributed by atoms with E-state index in [-0.39, 0.29) is 0 Å². The number of benzene rings is 2. The summed E-state index contributed by atoms with van der Waals surface area (Å²) in [6.45, 7) is 0. The zero-order chi connectivity index (χ0) is 13.0. The van der Waals surface area contributed by atoms with Gasteiger partial charge in [-0.1, -0.05) is 35.5 Å². The maximum Gasteiger partial charge on any atom is 0.151 e. The number of carbonyl (C=O) groups excluding carboxylic acids is 1. The van der Waals surface area contributed by atoms with E-state index >= 15 is 0 Å². The Morgan fingerprint density at radius 1 is 1.17 bits per heavy atom. The number of methoxy groups -OCH3 is 1. The number of carbonyl (C=O) groups is 1. The van der Waals surface area contributed by atoms with Gasteiger partial charge in [-0.3, -0.25) is 4.79 Å². The number of hydrogen-bond acceptors (Lipinski definition) is 3. The molecule has 2 nitrogen and oxygen atoms in total. The van der Waals surface area contributed by atoms with Crippen LogP contribution in [0.5, 0.6) is 5.75 Å². The van der Waals surface area contributed by atoms with E-state index in [9.17, 15) is 4.79 Å². The molecule has 2 aromatic carbocycles. The first kappa shape index (κ1) is 13.0. The first-order valence-corrected chi connectivity index (χ1v) is 6.49. The van der Waals surface area contributed by atoms with Crippen molar-refractivity contribution in [2.45, 2.75) is 9.79 Å². The van der Waals surface area contributed by atoms with Gasteiger partial charge in [0.05, 0.1) is 12.0 Å². The fourth-order valence-electron chi connectivity index (χ4n) is 1.52. The molecule has 0 spiro atoms. The Labute approximate surface area is 115 Å². The zero-order valence-electron chi connectivity index (χ0n) is 9.72. The molecule has 0 N–H and O–H groups in total. The van der Waals surface area contributed by atoms with Gasteiger partial charge in [-0.15, -0.1) is 0 Å². The highest BCUT2D eigenvalue weighted by molar-refractivity contribution is 7.99. The molecule has 0 fully saturated rings. The molecule has 0 saturated heterocycles. The molecule has 0 saturated carbocycles. The Hall–Kier alpha value is -1.45. The van der Waals surface area contributed by atoms with E-state index in [4.69, 9.17) is 16.3 Å². The van der Waals surface area contributed by atoms with Crippen molar-refractivity contribution in [3.63, 3.8) is 0 Å². The van der Waals surface area contributed by atoms with Crippen molar-refractivity contribution in [1.29, 1.82) is 0 Å². The number of ether oxygens (including phenoxy) is 1. The van der Waals surface area contributed by atoms with Crippen molar-refractivity contribution in [1.82, 2.24) is 0 Å². The van der Waals surface area contributed by atoms with Gasteiger partial charge in [-0.2, -0.15) is 0 Å². The fraction of sp³-hybridized carbons (Fsp3) is 0.0714. The van der Waals surface area contributed by atoms with E-state index in [1.165, 1.54) is 11.8 Å². The van der Waals surface area contributed by atoms with Crippen molar-refractivity contribution in [3.8, 4) is 5.75 Å². The number of aldehydes is 1. The van der Waals surface area contributed by atoms with Gasteiger partial charge in [0.1, 0.15) is 5.75 Å². The quantitative estimate of drug-likeness (QED) is 0.780. The molecule has 0 aliphatic carbocycles. The van der Waals surface area contributed by atoms with Gasteiger partial charge in [-0.05, 0) is 30.3 Å². The van der Waals surface area contributed by atoms with Crippen LogP contribution in [-0.2, 0) is 0 Å². The Morgan fingerprint density at radius 3 is 2.67 bits per heavy atom. The van der Waals surface area contributed by atoms with Gasteiger partial charge in [-0.25, -0.2) is 0 Å². The molecule has 0 radical (unpaired) electrons. The summed E-state index contributed by atoms with van der Waals surface area (Å²) in [4.78, 5) is 12.8. The SMILES string of the molecule is COc1ccccc1Sc1cc(Cl)ccc1C=O. The Bertz CT molecular complexity index is 569. The predicted octanol–water partition coefficient (Wildman–Crippen LogP) is 4.31. The minimum atomic E-state index is 0.609. The molecule has 0 aliphatic heterocycles. The molecule has 4 heteroatoms. The van der Waals surface area contributed by atoms with Gasteiger partial charge in [0.15, 0.2) is 6.29 Å². The number of rotatable bonds is 4. The summed E-state index contributed by atoms with van der Waals surface area (Å²) in [6.07, 6.45) is 0.827. The molecule has 0 unspecified atom stereocenters. The van der Waals surface area contributed by atoms with Crippen LogP contribution in [0.4, 0.5) is 0 Å². The van der Waals surface area contributed by atoms with Crippen LogP contribution in [0.1, 0.15) is 10.4 Å². The fourth-order valence-corrected chi connectivity index (χ4v) is 2.81. The summed E-state index contributed by atoms with van der Waals surface area (Å²) in [7, 11) is 1.62. The second kappa shape index (κ2) is 5.94. The third-order valence-corrected chi connectivity index (χ3v) is 3.76.